The zero-order valence-corrected chi connectivity index (χ0v) is 22.8. The summed E-state index contributed by atoms with van der Waals surface area (Å²) in [4.78, 5) is 45.1. The summed E-state index contributed by atoms with van der Waals surface area (Å²) >= 11 is 0.964. The molecule has 0 saturated carbocycles. The van der Waals surface area contributed by atoms with E-state index >= 15 is 0 Å². The van der Waals surface area contributed by atoms with Gasteiger partial charge in [0.2, 0.25) is 0 Å². The van der Waals surface area contributed by atoms with Crippen LogP contribution < -0.4 is 9.64 Å². The summed E-state index contributed by atoms with van der Waals surface area (Å²) < 4.78 is 10.6. The Morgan fingerprint density at radius 1 is 1.11 bits per heavy atom. The molecule has 1 aromatic heterocycles. The minimum absolute atomic E-state index is 0.0455. The molecule has 198 valence electrons. The van der Waals surface area contributed by atoms with E-state index in [4.69, 9.17) is 9.47 Å². The van der Waals surface area contributed by atoms with Crippen LogP contribution in [-0.4, -0.2) is 41.5 Å². The second-order valence-corrected chi connectivity index (χ2v) is 10.1. The number of hydrogen-bond acceptors (Lipinski definition) is 8. The van der Waals surface area contributed by atoms with E-state index in [1.165, 1.54) is 12.0 Å². The molecule has 1 atom stereocenters. The van der Waals surface area contributed by atoms with Gasteiger partial charge in [-0.25, -0.2) is 9.78 Å². The maximum Gasteiger partial charge on any atom is 0.350 e. The molecule has 0 spiro atoms. The van der Waals surface area contributed by atoms with Gasteiger partial charge in [0, 0.05) is 5.56 Å². The summed E-state index contributed by atoms with van der Waals surface area (Å²) in [6.07, 6.45) is 1.93. The van der Waals surface area contributed by atoms with Crippen molar-refractivity contribution < 1.29 is 29.0 Å². The van der Waals surface area contributed by atoms with E-state index in [9.17, 15) is 19.5 Å². The van der Waals surface area contributed by atoms with Crippen LogP contribution in [0.4, 0.5) is 5.13 Å². The number of ketones is 1. The third-order valence-electron chi connectivity index (χ3n) is 6.42. The van der Waals surface area contributed by atoms with E-state index in [-0.39, 0.29) is 21.3 Å². The molecule has 1 aliphatic heterocycles. The smallest absolute Gasteiger partial charge is 0.350 e. The zero-order chi connectivity index (χ0) is 27.6. The predicted octanol–water partition coefficient (Wildman–Crippen LogP) is 5.66. The number of aromatic nitrogens is 1. The van der Waals surface area contributed by atoms with Crippen molar-refractivity contribution in [2.24, 2.45) is 0 Å². The average molecular weight is 535 g/mol. The van der Waals surface area contributed by atoms with Gasteiger partial charge in [-0.05, 0) is 56.5 Å². The molecule has 38 heavy (non-hydrogen) atoms. The maximum atomic E-state index is 13.5. The van der Waals surface area contributed by atoms with E-state index in [1.807, 2.05) is 26.0 Å². The molecular formula is C29H30N2O6S. The number of thiazole rings is 1. The van der Waals surface area contributed by atoms with Crippen LogP contribution in [0.2, 0.25) is 0 Å². The lowest BCUT2D eigenvalue weighted by atomic mass is 9.93. The van der Waals surface area contributed by atoms with Crippen molar-refractivity contribution in [1.82, 2.24) is 4.98 Å². The number of hydrogen-bond donors (Lipinski definition) is 1. The molecule has 0 bridgehead atoms. The number of methoxy groups -OCH3 is 1. The van der Waals surface area contributed by atoms with Crippen LogP contribution >= 0.6 is 11.3 Å². The third-order valence-corrected chi connectivity index (χ3v) is 7.55. The molecule has 0 radical (unpaired) electrons. The molecule has 9 heteroatoms. The minimum Gasteiger partial charge on any atom is -0.507 e. The van der Waals surface area contributed by atoms with E-state index < -0.39 is 23.7 Å². The Kier molecular flexibility index (Phi) is 7.97. The first kappa shape index (κ1) is 27.1. The molecule has 1 amide bonds. The summed E-state index contributed by atoms with van der Waals surface area (Å²) in [6, 6.07) is 11.7. The Labute approximate surface area is 225 Å². The van der Waals surface area contributed by atoms with Crippen LogP contribution in [0.1, 0.15) is 63.4 Å². The molecule has 1 unspecified atom stereocenters. The van der Waals surface area contributed by atoms with Gasteiger partial charge in [0.1, 0.15) is 16.4 Å². The normalized spacial score (nSPS) is 16.7. The number of rotatable bonds is 8. The SMILES string of the molecule is CCCCOc1ccc(C2C(=C(O)c3cc(C)ccc3C)C(=O)C(=O)N2c2nc(C)c(C(=O)OC)s2)cc1. The number of anilines is 1. The lowest BCUT2D eigenvalue weighted by Crippen LogP contribution is -2.29. The third kappa shape index (κ3) is 5.06. The standard InChI is InChI=1S/C29H30N2O6S/c1-6-7-14-37-20-12-10-19(11-13-20)23-22(24(32)21-15-16(2)8-9-17(21)3)25(33)27(34)31(23)29-30-18(4)26(38-29)28(35)36-5/h8-13,15,23,32H,6-7,14H2,1-5H3. The van der Waals surface area contributed by atoms with Crippen LogP contribution in [-0.2, 0) is 14.3 Å². The number of aryl methyl sites for hydroxylation is 3. The molecule has 2 heterocycles. The fraction of sp³-hybridized carbons (Fsp3) is 0.310. The van der Waals surface area contributed by atoms with Crippen molar-refractivity contribution in [1.29, 1.82) is 0 Å². The zero-order valence-electron chi connectivity index (χ0n) is 22.0. The van der Waals surface area contributed by atoms with Crippen molar-refractivity contribution in [3.63, 3.8) is 0 Å². The number of carbonyl (C=O) groups is 3. The number of aliphatic hydroxyl groups is 1. The van der Waals surface area contributed by atoms with Gasteiger partial charge >= 0.3 is 11.9 Å². The molecule has 1 aliphatic rings. The molecule has 4 rings (SSSR count). The van der Waals surface area contributed by atoms with Crippen molar-refractivity contribution in [2.45, 2.75) is 46.6 Å². The molecule has 0 aliphatic carbocycles. The number of carbonyl (C=O) groups excluding carboxylic acids is 3. The number of aliphatic hydroxyl groups excluding tert-OH is 1. The number of nitrogens with zero attached hydrogens (tertiary/aromatic N) is 2. The van der Waals surface area contributed by atoms with Crippen LogP contribution in [0.25, 0.3) is 5.76 Å². The number of ether oxygens (including phenoxy) is 2. The molecular weight excluding hydrogens is 504 g/mol. The van der Waals surface area contributed by atoms with Gasteiger partial charge in [0.25, 0.3) is 5.78 Å². The Balaban J connectivity index is 1.88. The van der Waals surface area contributed by atoms with Gasteiger partial charge in [0.05, 0.1) is 31.0 Å². The highest BCUT2D eigenvalue weighted by molar-refractivity contribution is 7.17. The highest BCUT2D eigenvalue weighted by atomic mass is 32.1. The summed E-state index contributed by atoms with van der Waals surface area (Å²) in [6.45, 7) is 8.01. The maximum absolute atomic E-state index is 13.5. The number of amides is 1. The minimum atomic E-state index is -0.962. The molecule has 1 fully saturated rings. The van der Waals surface area contributed by atoms with Crippen molar-refractivity contribution in [3.05, 3.63) is 80.9 Å². The van der Waals surface area contributed by atoms with Crippen molar-refractivity contribution >= 4 is 39.9 Å². The predicted molar refractivity (Wildman–Crippen MR) is 146 cm³/mol. The lowest BCUT2D eigenvalue weighted by molar-refractivity contribution is -0.132. The Morgan fingerprint density at radius 3 is 2.47 bits per heavy atom. The topological polar surface area (TPSA) is 106 Å². The summed E-state index contributed by atoms with van der Waals surface area (Å²) in [7, 11) is 1.27. The van der Waals surface area contributed by atoms with E-state index in [1.54, 1.807) is 37.3 Å². The van der Waals surface area contributed by atoms with Crippen LogP contribution in [0.15, 0.2) is 48.0 Å². The second-order valence-electron chi connectivity index (χ2n) is 9.16. The van der Waals surface area contributed by atoms with Gasteiger partial charge < -0.3 is 14.6 Å². The van der Waals surface area contributed by atoms with Crippen molar-refractivity contribution in [2.75, 3.05) is 18.6 Å². The Bertz CT molecular complexity index is 1420. The van der Waals surface area contributed by atoms with Gasteiger partial charge in [-0.2, -0.15) is 0 Å². The second kappa shape index (κ2) is 11.2. The fourth-order valence-electron chi connectivity index (χ4n) is 4.33. The quantitative estimate of drug-likeness (QED) is 0.131. The van der Waals surface area contributed by atoms with Gasteiger partial charge in [-0.15, -0.1) is 0 Å². The first-order valence-corrected chi connectivity index (χ1v) is 13.2. The highest BCUT2D eigenvalue weighted by Crippen LogP contribution is 2.44. The van der Waals surface area contributed by atoms with E-state index in [0.717, 1.165) is 35.3 Å². The van der Waals surface area contributed by atoms with Crippen molar-refractivity contribution in [3.8, 4) is 5.75 Å². The van der Waals surface area contributed by atoms with Gasteiger partial charge in [-0.3, -0.25) is 14.5 Å². The molecule has 1 saturated heterocycles. The molecule has 1 N–H and O–H groups in total. The van der Waals surface area contributed by atoms with Crippen LogP contribution in [0.5, 0.6) is 5.75 Å². The summed E-state index contributed by atoms with van der Waals surface area (Å²) in [5.74, 6) is -1.85. The number of unbranched alkanes of at least 4 members (excludes halogenated alkanes) is 1. The molecule has 3 aromatic rings. The van der Waals surface area contributed by atoms with E-state index in [0.29, 0.717) is 29.2 Å². The summed E-state index contributed by atoms with van der Waals surface area (Å²) in [5, 5.41) is 11.6. The van der Waals surface area contributed by atoms with E-state index in [2.05, 4.69) is 11.9 Å². The van der Waals surface area contributed by atoms with Gasteiger partial charge in [-0.1, -0.05) is 54.5 Å². The Hall–Kier alpha value is -3.98. The number of esters is 1. The average Bonchev–Trinajstić information content (AvgIpc) is 3.41. The highest BCUT2D eigenvalue weighted by Gasteiger charge is 2.48. The first-order valence-electron chi connectivity index (χ1n) is 12.3. The largest absolute Gasteiger partial charge is 0.507 e. The monoisotopic (exact) mass is 534 g/mol. The summed E-state index contributed by atoms with van der Waals surface area (Å²) in [5.41, 5.74) is 3.05. The fourth-order valence-corrected chi connectivity index (χ4v) is 5.34. The molecule has 2 aromatic carbocycles. The number of benzene rings is 2. The lowest BCUT2D eigenvalue weighted by Gasteiger charge is -2.23. The van der Waals surface area contributed by atoms with Crippen LogP contribution in [0, 0.1) is 20.8 Å². The Morgan fingerprint density at radius 2 is 1.82 bits per heavy atom. The van der Waals surface area contributed by atoms with Crippen LogP contribution in [0.3, 0.4) is 0 Å². The first-order chi connectivity index (χ1) is 18.2. The molecule has 8 nitrogen and oxygen atoms in total. The number of Topliss-reactive ketones (excluding diaryl/α,β-unsaturated/α-hetero) is 1. The van der Waals surface area contributed by atoms with Gasteiger partial charge in [0.15, 0.2) is 5.13 Å².